The highest BCUT2D eigenvalue weighted by Gasteiger charge is 2.17. The van der Waals surface area contributed by atoms with Crippen molar-refractivity contribution < 1.29 is 14.3 Å². The van der Waals surface area contributed by atoms with E-state index < -0.39 is 0 Å². The van der Waals surface area contributed by atoms with E-state index in [2.05, 4.69) is 39.4 Å². The number of benzene rings is 3. The van der Waals surface area contributed by atoms with Gasteiger partial charge >= 0.3 is 0 Å². The summed E-state index contributed by atoms with van der Waals surface area (Å²) in [5.41, 5.74) is 2.91. The van der Waals surface area contributed by atoms with E-state index in [1.54, 1.807) is 25.3 Å². The fourth-order valence-electron chi connectivity index (χ4n) is 3.96. The van der Waals surface area contributed by atoms with Crippen LogP contribution in [0.15, 0.2) is 78.9 Å². The number of rotatable bonds is 9. The second kappa shape index (κ2) is 11.4. The maximum absolute atomic E-state index is 12.6. The zero-order valence-electron chi connectivity index (χ0n) is 19.1. The lowest BCUT2D eigenvalue weighted by atomic mass is 10.2. The predicted molar refractivity (Wildman–Crippen MR) is 131 cm³/mol. The number of hydrogen-bond donors (Lipinski definition) is 1. The van der Waals surface area contributed by atoms with Crippen molar-refractivity contribution in [2.75, 3.05) is 51.3 Å². The monoisotopic (exact) mass is 445 g/mol. The van der Waals surface area contributed by atoms with Crippen molar-refractivity contribution in [2.24, 2.45) is 0 Å². The van der Waals surface area contributed by atoms with Crippen LogP contribution in [0.3, 0.4) is 0 Å². The highest BCUT2D eigenvalue weighted by Crippen LogP contribution is 2.29. The zero-order chi connectivity index (χ0) is 22.9. The van der Waals surface area contributed by atoms with Crippen molar-refractivity contribution in [2.45, 2.75) is 6.61 Å². The Hall–Kier alpha value is -3.51. The fraction of sp³-hybridized carbons (Fsp3) is 0.296. The largest absolute Gasteiger partial charge is 0.493 e. The molecule has 0 saturated carbocycles. The molecule has 0 bridgehead atoms. The number of amides is 1. The van der Waals surface area contributed by atoms with Gasteiger partial charge in [0.25, 0.3) is 5.91 Å². The van der Waals surface area contributed by atoms with E-state index in [4.69, 9.17) is 9.47 Å². The molecule has 1 heterocycles. The number of anilines is 1. The van der Waals surface area contributed by atoms with Gasteiger partial charge in [0.05, 0.1) is 7.11 Å². The average molecular weight is 446 g/mol. The van der Waals surface area contributed by atoms with Gasteiger partial charge in [-0.15, -0.1) is 0 Å². The van der Waals surface area contributed by atoms with E-state index in [9.17, 15) is 4.79 Å². The third-order valence-electron chi connectivity index (χ3n) is 5.87. The maximum Gasteiger partial charge on any atom is 0.251 e. The summed E-state index contributed by atoms with van der Waals surface area (Å²) >= 11 is 0. The van der Waals surface area contributed by atoms with Gasteiger partial charge in [0.2, 0.25) is 0 Å². The van der Waals surface area contributed by atoms with E-state index in [1.165, 1.54) is 5.69 Å². The van der Waals surface area contributed by atoms with Crippen LogP contribution in [0.1, 0.15) is 15.9 Å². The molecule has 0 spiro atoms. The van der Waals surface area contributed by atoms with E-state index in [1.807, 2.05) is 36.4 Å². The van der Waals surface area contributed by atoms with Gasteiger partial charge in [-0.05, 0) is 35.9 Å². The number of ether oxygens (including phenoxy) is 2. The molecule has 1 saturated heterocycles. The second-order valence-corrected chi connectivity index (χ2v) is 8.06. The summed E-state index contributed by atoms with van der Waals surface area (Å²) in [6.07, 6.45) is 0. The van der Waals surface area contributed by atoms with Crippen molar-refractivity contribution in [1.29, 1.82) is 0 Å². The number of carbonyl (C=O) groups excluding carboxylic acids is 1. The van der Waals surface area contributed by atoms with E-state index in [0.717, 1.165) is 38.3 Å². The fourth-order valence-corrected chi connectivity index (χ4v) is 3.96. The average Bonchev–Trinajstić information content (AvgIpc) is 2.89. The summed E-state index contributed by atoms with van der Waals surface area (Å²) in [7, 11) is 1.58. The second-order valence-electron chi connectivity index (χ2n) is 8.06. The lowest BCUT2D eigenvalue weighted by Gasteiger charge is -2.36. The molecular weight excluding hydrogens is 414 g/mol. The zero-order valence-corrected chi connectivity index (χ0v) is 19.1. The molecule has 1 fully saturated rings. The summed E-state index contributed by atoms with van der Waals surface area (Å²) in [6, 6.07) is 25.8. The Balaban J connectivity index is 1.23. The molecule has 1 aliphatic heterocycles. The molecule has 1 aliphatic rings. The smallest absolute Gasteiger partial charge is 0.251 e. The Morgan fingerprint density at radius 3 is 2.27 bits per heavy atom. The minimum atomic E-state index is -0.106. The first-order valence-electron chi connectivity index (χ1n) is 11.4. The molecule has 33 heavy (non-hydrogen) atoms. The van der Waals surface area contributed by atoms with Gasteiger partial charge in [0, 0.05) is 50.5 Å². The van der Waals surface area contributed by atoms with Crippen LogP contribution in [0.5, 0.6) is 11.5 Å². The number of nitrogens with zero attached hydrogens (tertiary/aromatic N) is 2. The molecule has 3 aromatic rings. The Bertz CT molecular complexity index is 1020. The number of methoxy groups -OCH3 is 1. The van der Waals surface area contributed by atoms with Crippen LogP contribution >= 0.6 is 0 Å². The van der Waals surface area contributed by atoms with Crippen LogP contribution in [-0.2, 0) is 6.61 Å². The van der Waals surface area contributed by atoms with Crippen LogP contribution in [0.2, 0.25) is 0 Å². The number of piperazine rings is 1. The Morgan fingerprint density at radius 2 is 1.58 bits per heavy atom. The molecule has 0 aliphatic carbocycles. The maximum atomic E-state index is 12.6. The molecule has 1 N–H and O–H groups in total. The Morgan fingerprint density at radius 1 is 0.879 bits per heavy atom. The SMILES string of the molecule is COc1cc(C(=O)NCCN2CCN(c3ccccc3)CC2)ccc1OCc1ccccc1. The Kier molecular flexibility index (Phi) is 7.82. The normalized spacial score (nSPS) is 14.0. The number of nitrogens with one attached hydrogen (secondary N) is 1. The molecule has 6 nitrogen and oxygen atoms in total. The summed E-state index contributed by atoms with van der Waals surface area (Å²) in [4.78, 5) is 17.4. The molecule has 0 unspecified atom stereocenters. The number of carbonyl (C=O) groups is 1. The highest BCUT2D eigenvalue weighted by molar-refractivity contribution is 5.94. The van der Waals surface area contributed by atoms with Crippen LogP contribution in [0, 0.1) is 0 Å². The van der Waals surface area contributed by atoms with E-state index in [-0.39, 0.29) is 5.91 Å². The standard InChI is InChI=1S/C27H31N3O3/c1-32-26-20-23(12-13-25(26)33-21-22-8-4-2-5-9-22)27(31)28-14-15-29-16-18-30(19-17-29)24-10-6-3-7-11-24/h2-13,20H,14-19,21H2,1H3,(H,28,31). The summed E-state index contributed by atoms with van der Waals surface area (Å²) in [6.45, 7) is 5.88. The molecule has 6 heteroatoms. The Labute approximate surface area is 195 Å². The van der Waals surface area contributed by atoms with Gasteiger partial charge in [-0.2, -0.15) is 0 Å². The van der Waals surface area contributed by atoms with Gasteiger partial charge < -0.3 is 19.7 Å². The van der Waals surface area contributed by atoms with E-state index >= 15 is 0 Å². The third kappa shape index (κ3) is 6.26. The third-order valence-corrected chi connectivity index (χ3v) is 5.87. The predicted octanol–water partition coefficient (Wildman–Crippen LogP) is 3.83. The van der Waals surface area contributed by atoms with Crippen molar-refractivity contribution >= 4 is 11.6 Å². The quantitative estimate of drug-likeness (QED) is 0.543. The lowest BCUT2D eigenvalue weighted by molar-refractivity contribution is 0.0947. The first kappa shape index (κ1) is 22.7. The first-order chi connectivity index (χ1) is 16.2. The molecule has 172 valence electrons. The molecule has 4 rings (SSSR count). The number of hydrogen-bond acceptors (Lipinski definition) is 5. The highest BCUT2D eigenvalue weighted by atomic mass is 16.5. The van der Waals surface area contributed by atoms with Crippen molar-refractivity contribution in [3.63, 3.8) is 0 Å². The van der Waals surface area contributed by atoms with Gasteiger partial charge in [0.15, 0.2) is 11.5 Å². The number of para-hydroxylation sites is 1. The topological polar surface area (TPSA) is 54.0 Å². The van der Waals surface area contributed by atoms with Crippen LogP contribution < -0.4 is 19.7 Å². The van der Waals surface area contributed by atoms with Crippen molar-refractivity contribution in [3.8, 4) is 11.5 Å². The van der Waals surface area contributed by atoms with Gasteiger partial charge in [0.1, 0.15) is 6.61 Å². The first-order valence-corrected chi connectivity index (χ1v) is 11.4. The molecule has 1 amide bonds. The van der Waals surface area contributed by atoms with Crippen molar-refractivity contribution in [1.82, 2.24) is 10.2 Å². The van der Waals surface area contributed by atoms with Gasteiger partial charge in [-0.3, -0.25) is 9.69 Å². The van der Waals surface area contributed by atoms with E-state index in [0.29, 0.717) is 30.2 Å². The van der Waals surface area contributed by atoms with Crippen LogP contribution in [0.25, 0.3) is 0 Å². The lowest BCUT2D eigenvalue weighted by Crippen LogP contribution is -2.48. The minimum absolute atomic E-state index is 0.106. The molecule has 0 radical (unpaired) electrons. The molecule has 3 aromatic carbocycles. The van der Waals surface area contributed by atoms with Gasteiger partial charge in [-0.1, -0.05) is 48.5 Å². The van der Waals surface area contributed by atoms with Crippen molar-refractivity contribution in [3.05, 3.63) is 90.0 Å². The summed E-state index contributed by atoms with van der Waals surface area (Å²) in [5.74, 6) is 1.07. The summed E-state index contributed by atoms with van der Waals surface area (Å²) in [5, 5.41) is 3.03. The van der Waals surface area contributed by atoms with Gasteiger partial charge in [-0.25, -0.2) is 0 Å². The minimum Gasteiger partial charge on any atom is -0.493 e. The van der Waals surface area contributed by atoms with Crippen LogP contribution in [0.4, 0.5) is 5.69 Å². The summed E-state index contributed by atoms with van der Waals surface area (Å²) < 4.78 is 11.3. The molecule has 0 atom stereocenters. The van der Waals surface area contributed by atoms with Crippen LogP contribution in [-0.4, -0.2) is 57.2 Å². The molecule has 0 aromatic heterocycles. The molecular formula is C27H31N3O3.